The van der Waals surface area contributed by atoms with Crippen molar-refractivity contribution in [1.29, 1.82) is 0 Å². The number of nitrogens with zero attached hydrogens (tertiary/aromatic N) is 3. The minimum Gasteiger partial charge on any atom is -0.342 e. The zero-order chi connectivity index (χ0) is 15.5. The Labute approximate surface area is 143 Å². The maximum Gasteiger partial charge on any atom is 0.233 e. The molecule has 1 aliphatic heterocycles. The molecule has 7 heteroatoms. The Morgan fingerprint density at radius 2 is 2.09 bits per heavy atom. The van der Waals surface area contributed by atoms with Crippen molar-refractivity contribution in [3.63, 3.8) is 0 Å². The van der Waals surface area contributed by atoms with Crippen LogP contribution in [0.25, 0.3) is 5.69 Å². The first kappa shape index (κ1) is 15.7. The molecule has 116 valence electrons. The van der Waals surface area contributed by atoms with E-state index in [-0.39, 0.29) is 5.91 Å². The number of benzene rings is 1. The molecule has 1 saturated heterocycles. The van der Waals surface area contributed by atoms with E-state index in [0.717, 1.165) is 41.5 Å². The number of para-hydroxylation sites is 1. The highest BCUT2D eigenvalue weighted by molar-refractivity contribution is 8.01. The van der Waals surface area contributed by atoms with Crippen LogP contribution < -0.4 is 0 Å². The van der Waals surface area contributed by atoms with Crippen molar-refractivity contribution < 1.29 is 4.79 Å². The highest BCUT2D eigenvalue weighted by Crippen LogP contribution is 2.25. The topological polar surface area (TPSA) is 38.1 Å². The molecule has 0 unspecified atom stereocenters. The van der Waals surface area contributed by atoms with Gasteiger partial charge in [0.25, 0.3) is 0 Å². The minimum atomic E-state index is 0.200. The zero-order valence-corrected chi connectivity index (χ0v) is 14.8. The van der Waals surface area contributed by atoms with E-state index in [4.69, 9.17) is 12.2 Å². The molecule has 1 aliphatic rings. The van der Waals surface area contributed by atoms with Gasteiger partial charge in [-0.3, -0.25) is 4.79 Å². The molecule has 0 saturated carbocycles. The molecular weight excluding hydrogens is 334 g/mol. The third-order valence-electron chi connectivity index (χ3n) is 3.65. The summed E-state index contributed by atoms with van der Waals surface area (Å²) in [7, 11) is 0. The van der Waals surface area contributed by atoms with Crippen molar-refractivity contribution in [1.82, 2.24) is 14.7 Å². The summed E-state index contributed by atoms with van der Waals surface area (Å²) in [6.07, 6.45) is 2.24. The zero-order valence-electron chi connectivity index (χ0n) is 12.3. The fraction of sp³-hybridized carbons (Fsp3) is 0.400. The van der Waals surface area contributed by atoms with Crippen molar-refractivity contribution in [2.24, 2.45) is 0 Å². The van der Waals surface area contributed by atoms with E-state index in [1.165, 1.54) is 23.1 Å². The van der Waals surface area contributed by atoms with E-state index in [1.807, 2.05) is 36.1 Å². The van der Waals surface area contributed by atoms with Crippen LogP contribution in [0.3, 0.4) is 0 Å². The van der Waals surface area contributed by atoms with E-state index in [1.54, 1.807) is 4.68 Å². The van der Waals surface area contributed by atoms with Crippen LogP contribution >= 0.6 is 35.3 Å². The lowest BCUT2D eigenvalue weighted by molar-refractivity contribution is -0.127. The van der Waals surface area contributed by atoms with Gasteiger partial charge in [-0.25, -0.2) is 4.68 Å². The maximum atomic E-state index is 12.1. The Hall–Kier alpha value is -1.18. The number of hydrogen-bond donors (Lipinski definition) is 0. The number of aryl methyl sites for hydroxylation is 1. The van der Waals surface area contributed by atoms with Crippen LogP contribution in [0.15, 0.2) is 28.6 Å². The van der Waals surface area contributed by atoms with Gasteiger partial charge in [0.15, 0.2) is 8.29 Å². The van der Waals surface area contributed by atoms with Gasteiger partial charge < -0.3 is 4.90 Å². The van der Waals surface area contributed by atoms with E-state index < -0.39 is 0 Å². The summed E-state index contributed by atoms with van der Waals surface area (Å²) in [6, 6.07) is 8.03. The molecule has 2 heterocycles. The second-order valence-corrected chi connectivity index (χ2v) is 8.05. The molecule has 1 aromatic heterocycles. The first-order valence-corrected chi connectivity index (χ1v) is 9.43. The quantitative estimate of drug-likeness (QED) is 0.622. The van der Waals surface area contributed by atoms with Crippen molar-refractivity contribution in [2.45, 2.75) is 24.1 Å². The van der Waals surface area contributed by atoms with Gasteiger partial charge in [0.2, 0.25) is 5.91 Å². The highest BCUT2D eigenvalue weighted by atomic mass is 32.2. The molecular formula is C15H17N3OS3. The second kappa shape index (κ2) is 6.93. The first-order chi connectivity index (χ1) is 10.6. The molecule has 4 nitrogen and oxygen atoms in total. The van der Waals surface area contributed by atoms with Gasteiger partial charge in [-0.15, -0.1) is 5.10 Å². The normalized spacial score (nSPS) is 14.5. The molecule has 1 amide bonds. The van der Waals surface area contributed by atoms with Gasteiger partial charge in [-0.1, -0.05) is 41.3 Å². The summed E-state index contributed by atoms with van der Waals surface area (Å²) in [5.41, 5.74) is 2.13. The molecule has 0 aliphatic carbocycles. The number of amides is 1. The minimum absolute atomic E-state index is 0.200. The standard InChI is InChI=1S/C15H17N3OS3/c1-11-6-2-3-7-12(11)18-15(20)22-14(16-18)21-10-13(19)17-8-4-5-9-17/h2-3,6-7H,4-5,8-10H2,1H3. The fourth-order valence-electron chi connectivity index (χ4n) is 2.45. The maximum absolute atomic E-state index is 12.1. The predicted octanol–water partition coefficient (Wildman–Crippen LogP) is 3.69. The van der Waals surface area contributed by atoms with Crippen LogP contribution in [0.4, 0.5) is 0 Å². The third kappa shape index (κ3) is 3.42. The molecule has 0 bridgehead atoms. The lowest BCUT2D eigenvalue weighted by Gasteiger charge is -2.13. The Morgan fingerprint density at radius 1 is 1.36 bits per heavy atom. The summed E-state index contributed by atoms with van der Waals surface area (Å²) in [6.45, 7) is 3.83. The number of rotatable bonds is 4. The first-order valence-electron chi connectivity index (χ1n) is 7.22. The van der Waals surface area contributed by atoms with Gasteiger partial charge in [0, 0.05) is 13.1 Å². The van der Waals surface area contributed by atoms with Crippen LogP contribution in [0, 0.1) is 10.9 Å². The molecule has 0 atom stereocenters. The van der Waals surface area contributed by atoms with E-state index >= 15 is 0 Å². The van der Waals surface area contributed by atoms with Gasteiger partial charge in [0.1, 0.15) is 0 Å². The number of hydrogen-bond acceptors (Lipinski definition) is 5. The fourth-order valence-corrected chi connectivity index (χ4v) is 4.70. The van der Waals surface area contributed by atoms with Crippen LogP contribution in [0.5, 0.6) is 0 Å². The smallest absolute Gasteiger partial charge is 0.233 e. The Kier molecular flexibility index (Phi) is 4.95. The molecule has 1 aromatic carbocycles. The largest absolute Gasteiger partial charge is 0.342 e. The lowest BCUT2D eigenvalue weighted by Crippen LogP contribution is -2.29. The Morgan fingerprint density at radius 3 is 2.82 bits per heavy atom. The SMILES string of the molecule is Cc1ccccc1-n1nc(SCC(=O)N2CCCC2)sc1=S. The molecule has 1 fully saturated rings. The van der Waals surface area contributed by atoms with E-state index in [0.29, 0.717) is 9.71 Å². The molecule has 0 N–H and O–H groups in total. The van der Waals surface area contributed by atoms with Gasteiger partial charge >= 0.3 is 0 Å². The lowest BCUT2D eigenvalue weighted by atomic mass is 10.2. The molecule has 22 heavy (non-hydrogen) atoms. The Balaban J connectivity index is 1.71. The van der Waals surface area contributed by atoms with E-state index in [2.05, 4.69) is 5.10 Å². The van der Waals surface area contributed by atoms with E-state index in [9.17, 15) is 4.79 Å². The number of likely N-dealkylation sites (tertiary alicyclic amines) is 1. The average molecular weight is 352 g/mol. The second-order valence-electron chi connectivity index (χ2n) is 5.21. The van der Waals surface area contributed by atoms with Crippen LogP contribution in [-0.2, 0) is 4.79 Å². The summed E-state index contributed by atoms with van der Waals surface area (Å²) in [4.78, 5) is 14.0. The Bertz CT molecular complexity index is 732. The number of thioether (sulfide) groups is 1. The van der Waals surface area contributed by atoms with Crippen LogP contribution in [0.1, 0.15) is 18.4 Å². The van der Waals surface area contributed by atoms with Crippen molar-refractivity contribution in [2.75, 3.05) is 18.8 Å². The van der Waals surface area contributed by atoms with Crippen LogP contribution in [-0.4, -0.2) is 39.4 Å². The predicted molar refractivity (Wildman–Crippen MR) is 93.6 cm³/mol. The monoisotopic (exact) mass is 351 g/mol. The summed E-state index contributed by atoms with van der Waals surface area (Å²) in [5, 5.41) is 4.56. The average Bonchev–Trinajstić information content (AvgIpc) is 3.15. The van der Waals surface area contributed by atoms with Gasteiger partial charge in [-0.2, -0.15) is 0 Å². The van der Waals surface area contributed by atoms with Gasteiger partial charge in [-0.05, 0) is 43.6 Å². The number of carbonyl (C=O) groups excluding carboxylic acids is 1. The van der Waals surface area contributed by atoms with Crippen molar-refractivity contribution in [3.8, 4) is 5.69 Å². The third-order valence-corrected chi connectivity index (χ3v) is 6.00. The number of carbonyl (C=O) groups is 1. The molecule has 2 aromatic rings. The molecule has 3 rings (SSSR count). The molecule has 0 spiro atoms. The summed E-state index contributed by atoms with van der Waals surface area (Å²) >= 11 is 8.35. The van der Waals surface area contributed by atoms with Crippen molar-refractivity contribution in [3.05, 3.63) is 33.8 Å². The summed E-state index contributed by atoms with van der Waals surface area (Å²) in [5.74, 6) is 0.641. The number of aromatic nitrogens is 2. The van der Waals surface area contributed by atoms with Crippen molar-refractivity contribution >= 4 is 41.2 Å². The molecule has 0 radical (unpaired) electrons. The van der Waals surface area contributed by atoms with Gasteiger partial charge in [0.05, 0.1) is 11.4 Å². The highest BCUT2D eigenvalue weighted by Gasteiger charge is 2.18. The van der Waals surface area contributed by atoms with Crippen LogP contribution in [0.2, 0.25) is 0 Å². The summed E-state index contributed by atoms with van der Waals surface area (Å²) < 4.78 is 3.35.